The zero-order valence-corrected chi connectivity index (χ0v) is 19.2. The molecule has 7 nitrogen and oxygen atoms in total. The van der Waals surface area contributed by atoms with Crippen LogP contribution in [0.5, 0.6) is 17.2 Å². The van der Waals surface area contributed by atoms with E-state index in [1.54, 1.807) is 33.5 Å². The fourth-order valence-corrected chi connectivity index (χ4v) is 5.06. The molecule has 1 atom stereocenters. The van der Waals surface area contributed by atoms with E-state index in [1.807, 2.05) is 6.92 Å². The van der Waals surface area contributed by atoms with Crippen LogP contribution in [0, 0.1) is 0 Å². The molecule has 32 heavy (non-hydrogen) atoms. The number of hydrogen-bond donors (Lipinski definition) is 1. The van der Waals surface area contributed by atoms with Crippen LogP contribution in [0.2, 0.25) is 0 Å². The predicted molar refractivity (Wildman–Crippen MR) is 119 cm³/mol. The monoisotopic (exact) mass is 441 g/mol. The highest BCUT2D eigenvalue weighted by Gasteiger charge is 2.41. The molecule has 4 rings (SSSR count). The number of ether oxygens (including phenoxy) is 4. The molecule has 0 aromatic heterocycles. The average molecular weight is 442 g/mol. The van der Waals surface area contributed by atoms with Gasteiger partial charge in [0.1, 0.15) is 11.9 Å². The summed E-state index contributed by atoms with van der Waals surface area (Å²) in [6, 6.07) is 3.54. The number of allylic oxidation sites excluding steroid dienone is 3. The number of Topliss-reactive ketones (excluding diaryl/α,β-unsaturated/α-hetero) is 1. The molecule has 1 N–H and O–H groups in total. The molecule has 0 saturated heterocycles. The number of carbonyl (C=O) groups is 2. The molecule has 1 aliphatic heterocycles. The Balaban J connectivity index is 1.87. The minimum Gasteiger partial charge on any atom is -0.496 e. The summed E-state index contributed by atoms with van der Waals surface area (Å²) in [6.45, 7) is 1.87. The maximum Gasteiger partial charge on any atom is 0.337 e. The first-order valence-electron chi connectivity index (χ1n) is 11.2. The summed E-state index contributed by atoms with van der Waals surface area (Å²) < 4.78 is 22.5. The van der Waals surface area contributed by atoms with Gasteiger partial charge in [-0.3, -0.25) is 4.79 Å². The van der Waals surface area contributed by atoms with E-state index in [4.69, 9.17) is 18.9 Å². The van der Waals surface area contributed by atoms with Crippen molar-refractivity contribution in [3.05, 3.63) is 40.2 Å². The van der Waals surface area contributed by atoms with E-state index < -0.39 is 5.92 Å². The van der Waals surface area contributed by atoms with Gasteiger partial charge in [-0.15, -0.1) is 0 Å². The Morgan fingerprint density at radius 1 is 0.938 bits per heavy atom. The summed E-state index contributed by atoms with van der Waals surface area (Å²) in [6.07, 6.45) is 5.81. The highest BCUT2D eigenvalue weighted by atomic mass is 16.5. The molecular weight excluding hydrogens is 410 g/mol. The molecule has 0 amide bonds. The normalized spacial score (nSPS) is 21.2. The number of esters is 1. The van der Waals surface area contributed by atoms with Gasteiger partial charge in [-0.25, -0.2) is 4.79 Å². The van der Waals surface area contributed by atoms with Gasteiger partial charge in [0.05, 0.1) is 32.8 Å². The lowest BCUT2D eigenvalue weighted by molar-refractivity contribution is -0.144. The number of benzene rings is 1. The van der Waals surface area contributed by atoms with E-state index in [1.165, 1.54) is 0 Å². The number of ketones is 1. The minimum absolute atomic E-state index is 0.0410. The maximum atomic E-state index is 13.5. The minimum atomic E-state index is -0.595. The first kappa shape index (κ1) is 22.2. The smallest absolute Gasteiger partial charge is 0.337 e. The lowest BCUT2D eigenvalue weighted by Gasteiger charge is -2.35. The Bertz CT molecular complexity index is 986. The lowest BCUT2D eigenvalue weighted by atomic mass is 9.75. The fourth-order valence-electron chi connectivity index (χ4n) is 5.06. The standard InChI is InChI=1S/C25H31NO6/c1-14-22(25(28)32-15-8-5-6-9-15)23(24-17(26-14)10-7-11-18(24)27)16-12-20(30-3)21(31-4)13-19(16)29-2/h12-13,15,23,26H,5-11H2,1-4H3. The fraction of sp³-hybridized carbons (Fsp3) is 0.520. The van der Waals surface area contributed by atoms with Gasteiger partial charge in [0.25, 0.3) is 0 Å². The van der Waals surface area contributed by atoms with Crippen LogP contribution in [0.3, 0.4) is 0 Å². The van der Waals surface area contributed by atoms with E-state index in [-0.39, 0.29) is 17.9 Å². The third-order valence-electron chi connectivity index (χ3n) is 6.62. The summed E-state index contributed by atoms with van der Waals surface area (Å²) in [5, 5.41) is 3.33. The van der Waals surface area contributed by atoms with Gasteiger partial charge in [0, 0.05) is 35.0 Å². The topological polar surface area (TPSA) is 83.1 Å². The summed E-state index contributed by atoms with van der Waals surface area (Å²) in [5.41, 5.74) is 3.34. The van der Waals surface area contributed by atoms with Crippen molar-refractivity contribution >= 4 is 11.8 Å². The summed E-state index contributed by atoms with van der Waals surface area (Å²) >= 11 is 0. The zero-order chi connectivity index (χ0) is 22.8. The quantitative estimate of drug-likeness (QED) is 0.664. The van der Waals surface area contributed by atoms with Gasteiger partial charge in [-0.2, -0.15) is 0 Å². The Labute approximate surface area is 188 Å². The van der Waals surface area contributed by atoms with E-state index >= 15 is 0 Å². The highest BCUT2D eigenvalue weighted by molar-refractivity contribution is 6.04. The molecule has 3 aliphatic rings. The second-order valence-corrected chi connectivity index (χ2v) is 8.53. The molecule has 172 valence electrons. The Kier molecular flexibility index (Phi) is 6.44. The third kappa shape index (κ3) is 3.96. The van der Waals surface area contributed by atoms with E-state index in [0.717, 1.165) is 44.2 Å². The molecule has 0 bridgehead atoms. The van der Waals surface area contributed by atoms with Crippen molar-refractivity contribution in [1.82, 2.24) is 5.32 Å². The summed E-state index contributed by atoms with van der Waals surface area (Å²) in [7, 11) is 4.68. The van der Waals surface area contributed by atoms with Gasteiger partial charge in [0.2, 0.25) is 0 Å². The van der Waals surface area contributed by atoms with E-state index in [9.17, 15) is 9.59 Å². The van der Waals surface area contributed by atoms with Gasteiger partial charge in [-0.05, 0) is 51.5 Å². The molecule has 1 fully saturated rings. The molecule has 1 aromatic rings. The van der Waals surface area contributed by atoms with Crippen molar-refractivity contribution in [3.63, 3.8) is 0 Å². The molecule has 1 saturated carbocycles. The van der Waals surface area contributed by atoms with Crippen molar-refractivity contribution in [3.8, 4) is 17.2 Å². The van der Waals surface area contributed by atoms with E-state index in [2.05, 4.69) is 5.32 Å². The number of rotatable bonds is 6. The number of carbonyl (C=O) groups excluding carboxylic acids is 2. The van der Waals surface area contributed by atoms with Crippen molar-refractivity contribution in [2.24, 2.45) is 0 Å². The highest BCUT2D eigenvalue weighted by Crippen LogP contribution is 2.48. The van der Waals surface area contributed by atoms with Crippen LogP contribution in [0.4, 0.5) is 0 Å². The molecule has 7 heteroatoms. The Morgan fingerprint density at radius 3 is 2.25 bits per heavy atom. The van der Waals surface area contributed by atoms with Crippen LogP contribution in [0.1, 0.15) is 63.4 Å². The summed E-state index contributed by atoms with van der Waals surface area (Å²) in [4.78, 5) is 26.6. The van der Waals surface area contributed by atoms with Crippen molar-refractivity contribution in [2.45, 2.75) is 63.9 Å². The van der Waals surface area contributed by atoms with Gasteiger partial charge < -0.3 is 24.3 Å². The van der Waals surface area contributed by atoms with Crippen molar-refractivity contribution in [1.29, 1.82) is 0 Å². The SMILES string of the molecule is COc1cc(OC)c(C2C(C(=O)OC3CCCC3)=C(C)NC3=C2C(=O)CCC3)cc1OC. The number of hydrogen-bond acceptors (Lipinski definition) is 7. The zero-order valence-electron chi connectivity index (χ0n) is 19.2. The first-order chi connectivity index (χ1) is 15.5. The van der Waals surface area contributed by atoms with Gasteiger partial charge in [0.15, 0.2) is 17.3 Å². The van der Waals surface area contributed by atoms with E-state index in [0.29, 0.717) is 46.1 Å². The first-order valence-corrected chi connectivity index (χ1v) is 11.2. The number of nitrogens with one attached hydrogen (secondary N) is 1. The molecule has 2 aliphatic carbocycles. The van der Waals surface area contributed by atoms with Crippen LogP contribution in [0.15, 0.2) is 34.7 Å². The molecule has 1 unspecified atom stereocenters. The summed E-state index contributed by atoms with van der Waals surface area (Å²) in [5.74, 6) is 0.616. The molecular formula is C25H31NO6. The molecule has 0 radical (unpaired) electrons. The maximum absolute atomic E-state index is 13.5. The molecule has 1 aromatic carbocycles. The predicted octanol–water partition coefficient (Wildman–Crippen LogP) is 4.17. The van der Waals surface area contributed by atoms with Gasteiger partial charge >= 0.3 is 5.97 Å². The Hall–Kier alpha value is -2.96. The Morgan fingerprint density at radius 2 is 1.59 bits per heavy atom. The van der Waals surface area contributed by atoms with Crippen LogP contribution < -0.4 is 19.5 Å². The van der Waals surface area contributed by atoms with Crippen molar-refractivity contribution < 1.29 is 28.5 Å². The van der Waals surface area contributed by atoms with Crippen LogP contribution >= 0.6 is 0 Å². The number of methoxy groups -OCH3 is 3. The largest absolute Gasteiger partial charge is 0.496 e. The van der Waals surface area contributed by atoms with Crippen LogP contribution in [-0.2, 0) is 14.3 Å². The molecule has 1 heterocycles. The van der Waals surface area contributed by atoms with Crippen LogP contribution in [0.25, 0.3) is 0 Å². The third-order valence-corrected chi connectivity index (χ3v) is 6.62. The lowest BCUT2D eigenvalue weighted by Crippen LogP contribution is -2.35. The van der Waals surface area contributed by atoms with Crippen LogP contribution in [-0.4, -0.2) is 39.2 Å². The number of dihydropyridines is 1. The second kappa shape index (κ2) is 9.27. The van der Waals surface area contributed by atoms with Gasteiger partial charge in [-0.1, -0.05) is 0 Å². The second-order valence-electron chi connectivity index (χ2n) is 8.53. The van der Waals surface area contributed by atoms with Crippen molar-refractivity contribution in [2.75, 3.05) is 21.3 Å². The molecule has 0 spiro atoms. The average Bonchev–Trinajstić information content (AvgIpc) is 3.30.